The molecular formula is C24H24ClN3O3S. The van der Waals surface area contributed by atoms with Gasteiger partial charge in [-0.15, -0.1) is 17.9 Å². The molecule has 0 radical (unpaired) electrons. The molecule has 4 aromatic rings. The first kappa shape index (κ1) is 22.5. The molecule has 0 saturated heterocycles. The molecule has 0 bridgehead atoms. The smallest absolute Gasteiger partial charge is 0.260 e. The maximum absolute atomic E-state index is 13.0. The van der Waals surface area contributed by atoms with Gasteiger partial charge in [-0.3, -0.25) is 9.69 Å². The van der Waals surface area contributed by atoms with Crippen LogP contribution in [-0.2, 0) is 13.1 Å². The van der Waals surface area contributed by atoms with E-state index in [4.69, 9.17) is 21.0 Å². The Bertz CT molecular complexity index is 1250. The van der Waals surface area contributed by atoms with Gasteiger partial charge in [0, 0.05) is 22.5 Å². The number of nitrogens with zero attached hydrogens (tertiary/aromatic N) is 2. The van der Waals surface area contributed by atoms with E-state index in [0.29, 0.717) is 47.1 Å². The summed E-state index contributed by atoms with van der Waals surface area (Å²) in [5, 5.41) is 13.5. The number of aromatic amines is 1. The molecule has 0 fully saturated rings. The van der Waals surface area contributed by atoms with Crippen molar-refractivity contribution in [1.29, 1.82) is 0 Å². The van der Waals surface area contributed by atoms with E-state index in [9.17, 15) is 9.90 Å². The van der Waals surface area contributed by atoms with Gasteiger partial charge in [-0.05, 0) is 42.7 Å². The normalized spacial score (nSPS) is 12.5. The van der Waals surface area contributed by atoms with Gasteiger partial charge in [-0.1, -0.05) is 29.8 Å². The number of aromatic nitrogens is 2. The Balaban J connectivity index is 1.60. The lowest BCUT2D eigenvalue weighted by Crippen LogP contribution is -2.32. The van der Waals surface area contributed by atoms with Crippen molar-refractivity contribution in [3.05, 3.63) is 87.7 Å². The Morgan fingerprint density at radius 3 is 2.94 bits per heavy atom. The van der Waals surface area contributed by atoms with E-state index in [-0.39, 0.29) is 5.56 Å². The summed E-state index contributed by atoms with van der Waals surface area (Å²) in [5.74, 6) is 1.33. The van der Waals surface area contributed by atoms with Crippen molar-refractivity contribution < 1.29 is 9.52 Å². The molecule has 6 nitrogen and oxygen atoms in total. The molecule has 0 spiro atoms. The summed E-state index contributed by atoms with van der Waals surface area (Å²) in [4.78, 5) is 23.3. The van der Waals surface area contributed by atoms with Crippen molar-refractivity contribution in [2.24, 2.45) is 0 Å². The number of fused-ring (bicyclic) bond motifs is 1. The Labute approximate surface area is 194 Å². The standard InChI is InChI=1S/C24H24ClN3O3S/c1-2-3-8-18(29)12-28(13-19-9-5-10-31-19)14-21-26-23(30)22-20(15-32-24(22)27-21)16-6-4-7-17(25)11-16/h2,4-7,9-11,15,18,29H,1,3,8,12-14H2,(H,26,27,30). The van der Waals surface area contributed by atoms with Gasteiger partial charge in [0.05, 0.1) is 30.8 Å². The number of thiophene rings is 1. The molecule has 2 N–H and O–H groups in total. The minimum absolute atomic E-state index is 0.189. The highest BCUT2D eigenvalue weighted by Crippen LogP contribution is 2.32. The van der Waals surface area contributed by atoms with Crippen LogP contribution in [0.5, 0.6) is 0 Å². The van der Waals surface area contributed by atoms with Crippen LogP contribution < -0.4 is 5.56 Å². The average Bonchev–Trinajstić information content (AvgIpc) is 3.42. The largest absolute Gasteiger partial charge is 0.468 e. The Kier molecular flexibility index (Phi) is 7.22. The third-order valence-electron chi connectivity index (χ3n) is 5.13. The summed E-state index contributed by atoms with van der Waals surface area (Å²) < 4.78 is 5.48. The Morgan fingerprint density at radius 1 is 1.31 bits per heavy atom. The molecule has 32 heavy (non-hydrogen) atoms. The first-order valence-electron chi connectivity index (χ1n) is 10.3. The second kappa shape index (κ2) is 10.3. The van der Waals surface area contributed by atoms with Crippen LogP contribution in [0.3, 0.4) is 0 Å². The predicted molar refractivity (Wildman–Crippen MR) is 129 cm³/mol. The second-order valence-electron chi connectivity index (χ2n) is 7.62. The van der Waals surface area contributed by atoms with Gasteiger partial charge in [0.1, 0.15) is 16.4 Å². The van der Waals surface area contributed by atoms with Crippen LogP contribution in [0.4, 0.5) is 0 Å². The van der Waals surface area contributed by atoms with Crippen LogP contribution in [-0.4, -0.2) is 32.6 Å². The molecule has 0 aliphatic rings. The topological polar surface area (TPSA) is 82.4 Å². The first-order chi connectivity index (χ1) is 15.5. The third kappa shape index (κ3) is 5.37. The number of halogens is 1. The van der Waals surface area contributed by atoms with Crippen molar-refractivity contribution in [3.63, 3.8) is 0 Å². The number of hydrogen-bond donors (Lipinski definition) is 2. The van der Waals surface area contributed by atoms with Crippen molar-refractivity contribution in [2.45, 2.75) is 32.0 Å². The molecule has 166 valence electrons. The number of hydrogen-bond acceptors (Lipinski definition) is 6. The highest BCUT2D eigenvalue weighted by molar-refractivity contribution is 7.17. The Morgan fingerprint density at radius 2 is 2.19 bits per heavy atom. The van der Waals surface area contributed by atoms with E-state index in [1.54, 1.807) is 18.4 Å². The van der Waals surface area contributed by atoms with Gasteiger partial charge in [-0.2, -0.15) is 0 Å². The van der Waals surface area contributed by atoms with Crippen LogP contribution in [0, 0.1) is 0 Å². The summed E-state index contributed by atoms with van der Waals surface area (Å²) in [6.45, 7) is 5.01. The molecule has 0 saturated carbocycles. The summed E-state index contributed by atoms with van der Waals surface area (Å²) in [5.41, 5.74) is 1.51. The van der Waals surface area contributed by atoms with Gasteiger partial charge in [0.2, 0.25) is 0 Å². The van der Waals surface area contributed by atoms with Crippen LogP contribution in [0.2, 0.25) is 5.02 Å². The Hall–Kier alpha value is -2.71. The van der Waals surface area contributed by atoms with Gasteiger partial charge >= 0.3 is 0 Å². The van der Waals surface area contributed by atoms with Gasteiger partial charge in [0.15, 0.2) is 0 Å². The monoisotopic (exact) mass is 469 g/mol. The average molecular weight is 470 g/mol. The first-order valence-corrected chi connectivity index (χ1v) is 11.6. The zero-order valence-electron chi connectivity index (χ0n) is 17.5. The number of allylic oxidation sites excluding steroid dienone is 1. The molecule has 4 rings (SSSR count). The van der Waals surface area contributed by atoms with Crippen molar-refractivity contribution in [3.8, 4) is 11.1 Å². The fourth-order valence-electron chi connectivity index (χ4n) is 3.66. The molecule has 1 unspecified atom stereocenters. The van der Waals surface area contributed by atoms with Crippen LogP contribution in [0.15, 0.2) is 69.9 Å². The van der Waals surface area contributed by atoms with Crippen LogP contribution >= 0.6 is 22.9 Å². The van der Waals surface area contributed by atoms with E-state index >= 15 is 0 Å². The quantitative estimate of drug-likeness (QED) is 0.311. The van der Waals surface area contributed by atoms with E-state index in [0.717, 1.165) is 23.3 Å². The van der Waals surface area contributed by atoms with Gasteiger partial charge in [-0.25, -0.2) is 4.98 Å². The summed E-state index contributed by atoms with van der Waals surface area (Å²) in [7, 11) is 0. The molecule has 0 amide bonds. The highest BCUT2D eigenvalue weighted by atomic mass is 35.5. The van der Waals surface area contributed by atoms with Crippen molar-refractivity contribution in [1.82, 2.24) is 14.9 Å². The molecule has 8 heteroatoms. The fraction of sp³-hybridized carbons (Fsp3) is 0.250. The summed E-state index contributed by atoms with van der Waals surface area (Å²) >= 11 is 7.56. The summed E-state index contributed by atoms with van der Waals surface area (Å²) in [6, 6.07) is 11.1. The number of benzene rings is 1. The lowest BCUT2D eigenvalue weighted by Gasteiger charge is -2.23. The van der Waals surface area contributed by atoms with Crippen molar-refractivity contribution >= 4 is 33.2 Å². The second-order valence-corrected chi connectivity index (χ2v) is 8.92. The van der Waals surface area contributed by atoms with E-state index in [1.807, 2.05) is 40.6 Å². The van der Waals surface area contributed by atoms with E-state index in [1.165, 1.54) is 11.3 Å². The zero-order chi connectivity index (χ0) is 22.5. The third-order valence-corrected chi connectivity index (χ3v) is 6.24. The van der Waals surface area contributed by atoms with Crippen LogP contribution in [0.1, 0.15) is 24.4 Å². The molecular weight excluding hydrogens is 446 g/mol. The molecule has 3 aromatic heterocycles. The molecule has 0 aliphatic heterocycles. The fourth-order valence-corrected chi connectivity index (χ4v) is 4.81. The molecule has 3 heterocycles. The van der Waals surface area contributed by atoms with Crippen LogP contribution in [0.25, 0.3) is 21.3 Å². The lowest BCUT2D eigenvalue weighted by molar-refractivity contribution is 0.0931. The SMILES string of the molecule is C=CCCC(O)CN(Cc1nc2scc(-c3cccc(Cl)c3)c2c(=O)[nH]1)Cc1ccco1. The summed E-state index contributed by atoms with van der Waals surface area (Å²) in [6.07, 6.45) is 4.25. The molecule has 1 atom stereocenters. The predicted octanol–water partition coefficient (Wildman–Crippen LogP) is 5.23. The maximum atomic E-state index is 13.0. The van der Waals surface area contributed by atoms with Gasteiger partial charge in [0.25, 0.3) is 5.56 Å². The molecule has 0 aliphatic carbocycles. The number of aliphatic hydroxyl groups is 1. The number of rotatable bonds is 10. The number of aliphatic hydroxyl groups excluding tert-OH is 1. The highest BCUT2D eigenvalue weighted by Gasteiger charge is 2.18. The zero-order valence-corrected chi connectivity index (χ0v) is 19.0. The number of nitrogens with one attached hydrogen (secondary N) is 1. The van der Waals surface area contributed by atoms with E-state index < -0.39 is 6.10 Å². The van der Waals surface area contributed by atoms with Crippen molar-refractivity contribution in [2.75, 3.05) is 6.54 Å². The maximum Gasteiger partial charge on any atom is 0.260 e. The minimum Gasteiger partial charge on any atom is -0.468 e. The number of furan rings is 1. The lowest BCUT2D eigenvalue weighted by atomic mass is 10.1. The minimum atomic E-state index is -0.519. The molecule has 1 aromatic carbocycles. The van der Waals surface area contributed by atoms with Gasteiger partial charge < -0.3 is 14.5 Å². The number of H-pyrrole nitrogens is 1. The van der Waals surface area contributed by atoms with E-state index in [2.05, 4.69) is 11.6 Å².